The molecule has 0 saturated heterocycles. The molecule has 0 aromatic heterocycles. The second kappa shape index (κ2) is 3.91. The molecule has 1 aromatic rings. The SMILES string of the molecule is NC(=O)c1cc(OBO)ccc1F. The third-order valence-corrected chi connectivity index (χ3v) is 1.43. The van der Waals surface area contributed by atoms with Gasteiger partial charge in [-0.2, -0.15) is 0 Å². The molecule has 0 heterocycles. The molecule has 68 valence electrons. The molecule has 4 nitrogen and oxygen atoms in total. The van der Waals surface area contributed by atoms with Crippen LogP contribution in [-0.4, -0.2) is 18.6 Å². The number of carbonyl (C=O) groups excluding carboxylic acids is 1. The van der Waals surface area contributed by atoms with Crippen LogP contribution >= 0.6 is 0 Å². The highest BCUT2D eigenvalue weighted by Crippen LogP contribution is 2.15. The topological polar surface area (TPSA) is 72.6 Å². The molecule has 0 atom stereocenters. The van der Waals surface area contributed by atoms with Gasteiger partial charge in [0, 0.05) is 0 Å². The van der Waals surface area contributed by atoms with Crippen molar-refractivity contribution in [3.8, 4) is 5.75 Å². The van der Waals surface area contributed by atoms with Crippen LogP contribution in [0.3, 0.4) is 0 Å². The maximum absolute atomic E-state index is 12.8. The van der Waals surface area contributed by atoms with Gasteiger partial charge in [-0.05, 0) is 18.2 Å². The van der Waals surface area contributed by atoms with E-state index in [1.807, 2.05) is 0 Å². The lowest BCUT2D eigenvalue weighted by molar-refractivity contribution is 0.0996. The number of carbonyl (C=O) groups is 1. The van der Waals surface area contributed by atoms with Crippen molar-refractivity contribution >= 4 is 13.6 Å². The molecule has 0 aliphatic carbocycles. The molecule has 0 spiro atoms. The van der Waals surface area contributed by atoms with E-state index in [4.69, 9.17) is 10.8 Å². The fourth-order valence-electron chi connectivity index (χ4n) is 0.858. The molecule has 0 aliphatic heterocycles. The van der Waals surface area contributed by atoms with Gasteiger partial charge in [0.15, 0.2) is 0 Å². The quantitative estimate of drug-likeness (QED) is 0.624. The van der Waals surface area contributed by atoms with Gasteiger partial charge in [-0.15, -0.1) is 0 Å². The number of hydrogen-bond donors (Lipinski definition) is 2. The Hall–Kier alpha value is -1.56. The smallest absolute Gasteiger partial charge is 0.504 e. The lowest BCUT2D eigenvalue weighted by Crippen LogP contribution is -2.13. The van der Waals surface area contributed by atoms with Crippen molar-refractivity contribution in [2.45, 2.75) is 0 Å². The van der Waals surface area contributed by atoms with Crippen LogP contribution in [0.15, 0.2) is 18.2 Å². The van der Waals surface area contributed by atoms with Crippen molar-refractivity contribution in [2.75, 3.05) is 0 Å². The van der Waals surface area contributed by atoms with Gasteiger partial charge in [-0.3, -0.25) is 4.79 Å². The van der Waals surface area contributed by atoms with Gasteiger partial charge < -0.3 is 15.4 Å². The summed E-state index contributed by atoms with van der Waals surface area (Å²) >= 11 is 0. The van der Waals surface area contributed by atoms with Crippen LogP contribution in [0.5, 0.6) is 5.75 Å². The van der Waals surface area contributed by atoms with Crippen LogP contribution in [0.25, 0.3) is 0 Å². The Bertz CT molecular complexity index is 332. The highest BCUT2D eigenvalue weighted by atomic mass is 19.1. The van der Waals surface area contributed by atoms with Crippen LogP contribution in [0.4, 0.5) is 4.39 Å². The first-order valence-corrected chi connectivity index (χ1v) is 3.48. The molecule has 0 fully saturated rings. The van der Waals surface area contributed by atoms with E-state index in [-0.39, 0.29) is 11.3 Å². The fourth-order valence-corrected chi connectivity index (χ4v) is 0.858. The third-order valence-electron chi connectivity index (χ3n) is 1.43. The summed E-state index contributed by atoms with van der Waals surface area (Å²) in [7, 11) is -0.538. The van der Waals surface area contributed by atoms with Crippen molar-refractivity contribution in [1.82, 2.24) is 0 Å². The maximum atomic E-state index is 12.8. The molecule has 0 unspecified atom stereocenters. The molecule has 13 heavy (non-hydrogen) atoms. The molecule has 0 radical (unpaired) electrons. The van der Waals surface area contributed by atoms with Gasteiger partial charge >= 0.3 is 7.69 Å². The number of halogens is 1. The number of hydrogen-bond acceptors (Lipinski definition) is 3. The van der Waals surface area contributed by atoms with Crippen molar-refractivity contribution in [3.05, 3.63) is 29.6 Å². The summed E-state index contributed by atoms with van der Waals surface area (Å²) in [5.74, 6) is -1.39. The molecule has 0 aliphatic rings. The van der Waals surface area contributed by atoms with Gasteiger partial charge in [0.05, 0.1) is 5.56 Å². The fraction of sp³-hybridized carbons (Fsp3) is 0. The zero-order chi connectivity index (χ0) is 9.84. The summed E-state index contributed by atoms with van der Waals surface area (Å²) in [5, 5.41) is 8.39. The second-order valence-electron chi connectivity index (χ2n) is 2.28. The van der Waals surface area contributed by atoms with Crippen molar-refractivity contribution in [1.29, 1.82) is 0 Å². The summed E-state index contributed by atoms with van der Waals surface area (Å²) in [6, 6.07) is 3.47. The first-order chi connectivity index (χ1) is 6.15. The van der Waals surface area contributed by atoms with E-state index in [2.05, 4.69) is 4.65 Å². The molecule has 0 saturated carbocycles. The molecular weight excluding hydrogens is 176 g/mol. The molecule has 6 heteroatoms. The minimum absolute atomic E-state index is 0.192. The minimum Gasteiger partial charge on any atom is -0.539 e. The molecule has 1 rings (SSSR count). The average Bonchev–Trinajstić information content (AvgIpc) is 2.08. The number of rotatable bonds is 3. The van der Waals surface area contributed by atoms with Crippen LogP contribution in [0.2, 0.25) is 0 Å². The Kier molecular flexibility index (Phi) is 2.86. The van der Waals surface area contributed by atoms with Gasteiger partial charge in [-0.1, -0.05) is 0 Å². The lowest BCUT2D eigenvalue weighted by atomic mass is 10.2. The lowest BCUT2D eigenvalue weighted by Gasteiger charge is -2.03. The Morgan fingerprint density at radius 3 is 2.85 bits per heavy atom. The Morgan fingerprint density at radius 2 is 2.31 bits per heavy atom. The highest BCUT2D eigenvalue weighted by Gasteiger charge is 2.09. The summed E-state index contributed by atoms with van der Waals surface area (Å²) < 4.78 is 17.5. The van der Waals surface area contributed by atoms with Crippen LogP contribution in [0.1, 0.15) is 10.4 Å². The predicted octanol–water partition coefficient (Wildman–Crippen LogP) is -0.438. The number of benzene rings is 1. The van der Waals surface area contributed by atoms with Crippen LogP contribution in [-0.2, 0) is 0 Å². The first kappa shape index (κ1) is 9.53. The summed E-state index contributed by atoms with van der Waals surface area (Å²) in [6.45, 7) is 0. The molecule has 3 N–H and O–H groups in total. The second-order valence-corrected chi connectivity index (χ2v) is 2.28. The van der Waals surface area contributed by atoms with Gasteiger partial charge in [0.25, 0.3) is 5.91 Å². The minimum atomic E-state index is -0.874. The zero-order valence-electron chi connectivity index (χ0n) is 6.66. The predicted molar refractivity (Wildman–Crippen MR) is 44.9 cm³/mol. The maximum Gasteiger partial charge on any atom is 0.504 e. The standard InChI is InChI=1S/C7H7BFNO3/c9-6-2-1-4(13-8-12)3-5(6)7(10)11/h1-3,8,12H,(H2,10,11). The number of nitrogens with two attached hydrogens (primary N) is 1. The van der Waals surface area contributed by atoms with Crippen LogP contribution in [0, 0.1) is 5.82 Å². The Labute approximate surface area is 74.4 Å². The third kappa shape index (κ3) is 2.19. The van der Waals surface area contributed by atoms with E-state index < -0.39 is 19.4 Å². The van der Waals surface area contributed by atoms with E-state index in [9.17, 15) is 9.18 Å². The Balaban J connectivity index is 3.04. The monoisotopic (exact) mass is 183 g/mol. The van der Waals surface area contributed by atoms with E-state index in [0.29, 0.717) is 0 Å². The highest BCUT2D eigenvalue weighted by molar-refractivity contribution is 6.17. The number of primary amides is 1. The van der Waals surface area contributed by atoms with Crippen LogP contribution < -0.4 is 10.4 Å². The average molecular weight is 183 g/mol. The molecular formula is C7H7BFNO3. The van der Waals surface area contributed by atoms with E-state index in [0.717, 1.165) is 12.1 Å². The summed E-state index contributed by atoms with van der Waals surface area (Å²) in [4.78, 5) is 10.6. The zero-order valence-corrected chi connectivity index (χ0v) is 6.66. The van der Waals surface area contributed by atoms with Crippen molar-refractivity contribution < 1.29 is 18.9 Å². The van der Waals surface area contributed by atoms with Gasteiger partial charge in [0.2, 0.25) is 0 Å². The number of amides is 1. The normalized spacial score (nSPS) is 9.38. The molecule has 0 bridgehead atoms. The van der Waals surface area contributed by atoms with Gasteiger partial charge in [0.1, 0.15) is 11.6 Å². The first-order valence-electron chi connectivity index (χ1n) is 3.48. The van der Waals surface area contributed by atoms with Crippen molar-refractivity contribution in [3.63, 3.8) is 0 Å². The van der Waals surface area contributed by atoms with E-state index in [1.54, 1.807) is 0 Å². The summed E-state index contributed by atoms with van der Waals surface area (Å²) in [6.07, 6.45) is 0. The molecule has 1 amide bonds. The van der Waals surface area contributed by atoms with E-state index in [1.165, 1.54) is 6.07 Å². The largest absolute Gasteiger partial charge is 0.539 e. The summed E-state index contributed by atoms with van der Waals surface area (Å²) in [5.41, 5.74) is 4.62. The van der Waals surface area contributed by atoms with Gasteiger partial charge in [-0.25, -0.2) is 4.39 Å². The molecule has 1 aromatic carbocycles. The van der Waals surface area contributed by atoms with E-state index >= 15 is 0 Å². The van der Waals surface area contributed by atoms with Crippen molar-refractivity contribution in [2.24, 2.45) is 5.73 Å². The Morgan fingerprint density at radius 1 is 1.62 bits per heavy atom.